The first-order valence-corrected chi connectivity index (χ1v) is 10.3. The number of pyridine rings is 1. The molecule has 0 amide bonds. The molecule has 0 radical (unpaired) electrons. The summed E-state index contributed by atoms with van der Waals surface area (Å²) in [6.45, 7) is 3.14. The van der Waals surface area contributed by atoms with Crippen molar-refractivity contribution in [2.24, 2.45) is 0 Å². The molecule has 2 atom stereocenters. The van der Waals surface area contributed by atoms with Gasteiger partial charge in [-0.25, -0.2) is 23.4 Å². The van der Waals surface area contributed by atoms with Crippen LogP contribution in [0.2, 0.25) is 0 Å². The molecule has 2 aromatic heterocycles. The molecule has 1 aliphatic heterocycles. The van der Waals surface area contributed by atoms with Gasteiger partial charge in [-0.2, -0.15) is 5.10 Å². The summed E-state index contributed by atoms with van der Waals surface area (Å²) in [6.07, 6.45) is 6.01. The molecule has 4 rings (SSSR count). The van der Waals surface area contributed by atoms with Crippen LogP contribution in [-0.4, -0.2) is 55.0 Å². The Morgan fingerprint density at radius 3 is 2.68 bits per heavy atom. The van der Waals surface area contributed by atoms with E-state index in [2.05, 4.69) is 20.0 Å². The second kappa shape index (κ2) is 9.07. The highest BCUT2D eigenvalue weighted by atomic mass is 19.1. The molecule has 0 saturated carbocycles. The Hall–Kier alpha value is -2.91. The van der Waals surface area contributed by atoms with Gasteiger partial charge in [-0.05, 0) is 31.9 Å². The first-order chi connectivity index (χ1) is 15.0. The topological polar surface area (TPSA) is 76.3 Å². The van der Waals surface area contributed by atoms with Gasteiger partial charge < -0.3 is 9.84 Å². The van der Waals surface area contributed by atoms with Gasteiger partial charge in [-0.1, -0.05) is 12.1 Å². The summed E-state index contributed by atoms with van der Waals surface area (Å²) in [7, 11) is 0. The fraction of sp³-hybridized carbons (Fsp3) is 0.409. The van der Waals surface area contributed by atoms with Crippen LogP contribution < -0.4 is 4.74 Å². The molecule has 9 heteroatoms. The van der Waals surface area contributed by atoms with Crippen molar-refractivity contribution in [2.75, 3.05) is 13.1 Å². The van der Waals surface area contributed by atoms with Crippen molar-refractivity contribution in [3.05, 3.63) is 72.4 Å². The van der Waals surface area contributed by atoms with Crippen LogP contribution in [0.15, 0.2) is 55.2 Å². The van der Waals surface area contributed by atoms with Crippen molar-refractivity contribution in [1.82, 2.24) is 24.6 Å². The van der Waals surface area contributed by atoms with Crippen LogP contribution in [-0.2, 0) is 12.1 Å². The third kappa shape index (κ3) is 4.72. The van der Waals surface area contributed by atoms with E-state index in [1.165, 1.54) is 23.4 Å². The van der Waals surface area contributed by atoms with E-state index in [9.17, 15) is 13.9 Å². The molecule has 1 aliphatic rings. The summed E-state index contributed by atoms with van der Waals surface area (Å²) in [5.41, 5.74) is -1.61. The molecule has 31 heavy (non-hydrogen) atoms. The molecular weight excluding hydrogens is 404 g/mol. The number of aliphatic hydroxyl groups is 1. The highest BCUT2D eigenvalue weighted by molar-refractivity contribution is 5.27. The van der Waals surface area contributed by atoms with Gasteiger partial charge in [-0.3, -0.25) is 4.90 Å². The summed E-state index contributed by atoms with van der Waals surface area (Å²) in [4.78, 5) is 10.2. The monoisotopic (exact) mass is 429 g/mol. The first-order valence-electron chi connectivity index (χ1n) is 10.3. The fourth-order valence-corrected chi connectivity index (χ4v) is 4.11. The number of ether oxygens (including phenoxy) is 1. The smallest absolute Gasteiger partial charge is 0.213 e. The predicted molar refractivity (Wildman–Crippen MR) is 109 cm³/mol. The molecule has 1 saturated heterocycles. The van der Waals surface area contributed by atoms with E-state index in [1.54, 1.807) is 6.20 Å². The zero-order valence-electron chi connectivity index (χ0n) is 17.2. The van der Waals surface area contributed by atoms with E-state index in [4.69, 9.17) is 4.74 Å². The number of halogens is 2. The third-order valence-electron chi connectivity index (χ3n) is 5.91. The molecule has 1 N–H and O–H groups in total. The van der Waals surface area contributed by atoms with Crippen LogP contribution >= 0.6 is 0 Å². The summed E-state index contributed by atoms with van der Waals surface area (Å²) in [5, 5.41) is 15.8. The SMILES string of the molecule is C[C@@H](N1CCC(Oc2ccccn2)CC1)[C@](O)(Cn1cncn1)c1ccc(F)cc1F. The minimum absolute atomic E-state index is 0.0128. The lowest BCUT2D eigenvalue weighted by molar-refractivity contribution is -0.0749. The Labute approximate surface area is 179 Å². The van der Waals surface area contributed by atoms with Crippen LogP contribution in [0, 0.1) is 11.6 Å². The minimum atomic E-state index is -1.64. The van der Waals surface area contributed by atoms with Crippen molar-refractivity contribution < 1.29 is 18.6 Å². The maximum Gasteiger partial charge on any atom is 0.213 e. The van der Waals surface area contributed by atoms with Crippen molar-refractivity contribution in [3.8, 4) is 5.88 Å². The Morgan fingerprint density at radius 2 is 2.03 bits per heavy atom. The molecular formula is C22H25F2N5O2. The zero-order valence-corrected chi connectivity index (χ0v) is 17.2. The standard InChI is InChI=1S/C22H25F2N5O2/c1-16(28-10-7-18(8-11-28)31-21-4-2-3-9-26-21)22(30,13-29-15-25-14-27-29)19-6-5-17(23)12-20(19)24/h2-6,9,12,14-16,18,30H,7-8,10-11,13H2,1H3/t16-,22-/m1/s1. The molecule has 164 valence electrons. The number of likely N-dealkylation sites (tertiary alicyclic amines) is 1. The molecule has 3 aromatic rings. The molecule has 1 aromatic carbocycles. The van der Waals surface area contributed by atoms with Crippen LogP contribution in [0.25, 0.3) is 0 Å². The Morgan fingerprint density at radius 1 is 1.23 bits per heavy atom. The lowest BCUT2D eigenvalue weighted by Crippen LogP contribution is -2.54. The summed E-state index contributed by atoms with van der Waals surface area (Å²) >= 11 is 0. The number of benzene rings is 1. The minimum Gasteiger partial charge on any atom is -0.474 e. The number of nitrogens with zero attached hydrogens (tertiary/aromatic N) is 5. The second-order valence-electron chi connectivity index (χ2n) is 7.84. The van der Waals surface area contributed by atoms with Gasteiger partial charge in [0, 0.05) is 43.0 Å². The van der Waals surface area contributed by atoms with Crippen molar-refractivity contribution in [1.29, 1.82) is 0 Å². The number of piperidine rings is 1. The molecule has 0 aliphatic carbocycles. The van der Waals surface area contributed by atoms with Gasteiger partial charge in [0.1, 0.15) is 36.0 Å². The zero-order chi connectivity index (χ0) is 21.8. The quantitative estimate of drug-likeness (QED) is 0.623. The maximum absolute atomic E-state index is 14.7. The van der Waals surface area contributed by atoms with E-state index < -0.39 is 23.3 Å². The van der Waals surface area contributed by atoms with Crippen molar-refractivity contribution in [3.63, 3.8) is 0 Å². The number of hydrogen-bond donors (Lipinski definition) is 1. The van der Waals surface area contributed by atoms with Gasteiger partial charge in [-0.15, -0.1) is 0 Å². The molecule has 1 fully saturated rings. The maximum atomic E-state index is 14.7. The van der Waals surface area contributed by atoms with Crippen molar-refractivity contribution in [2.45, 2.75) is 44.1 Å². The summed E-state index contributed by atoms with van der Waals surface area (Å²) in [5.74, 6) is -0.891. The van der Waals surface area contributed by atoms with E-state index in [0.717, 1.165) is 25.0 Å². The molecule has 7 nitrogen and oxygen atoms in total. The number of rotatable bonds is 7. The third-order valence-corrected chi connectivity index (χ3v) is 5.91. The second-order valence-corrected chi connectivity index (χ2v) is 7.84. The van der Waals surface area contributed by atoms with E-state index in [1.807, 2.05) is 25.1 Å². The molecule has 0 bridgehead atoms. The number of hydrogen-bond acceptors (Lipinski definition) is 6. The Bertz CT molecular complexity index is 981. The predicted octanol–water partition coefficient (Wildman–Crippen LogP) is 2.77. The Balaban J connectivity index is 1.51. The van der Waals surface area contributed by atoms with Crippen LogP contribution in [0.1, 0.15) is 25.3 Å². The first kappa shape index (κ1) is 21.3. The number of aromatic nitrogens is 4. The van der Waals surface area contributed by atoms with E-state index in [0.29, 0.717) is 19.0 Å². The largest absolute Gasteiger partial charge is 0.474 e. The van der Waals surface area contributed by atoms with Crippen molar-refractivity contribution >= 4 is 0 Å². The van der Waals surface area contributed by atoms with Gasteiger partial charge in [0.25, 0.3) is 0 Å². The van der Waals surface area contributed by atoms with Crippen LogP contribution in [0.5, 0.6) is 5.88 Å². The van der Waals surface area contributed by atoms with Gasteiger partial charge in [0.2, 0.25) is 5.88 Å². The van der Waals surface area contributed by atoms with Crippen LogP contribution in [0.4, 0.5) is 8.78 Å². The summed E-state index contributed by atoms with van der Waals surface area (Å²) in [6, 6.07) is 8.32. The van der Waals surface area contributed by atoms with Gasteiger partial charge in [0.15, 0.2) is 0 Å². The average Bonchev–Trinajstić information content (AvgIpc) is 3.27. The molecule has 0 spiro atoms. The highest BCUT2D eigenvalue weighted by Gasteiger charge is 2.43. The van der Waals surface area contributed by atoms with E-state index in [-0.39, 0.29) is 18.2 Å². The van der Waals surface area contributed by atoms with E-state index >= 15 is 0 Å². The average molecular weight is 429 g/mol. The summed E-state index contributed by atoms with van der Waals surface area (Å²) < 4.78 is 35.6. The van der Waals surface area contributed by atoms with Gasteiger partial charge in [0.05, 0.1) is 6.54 Å². The highest BCUT2D eigenvalue weighted by Crippen LogP contribution is 2.34. The Kier molecular flexibility index (Phi) is 6.24. The fourth-order valence-electron chi connectivity index (χ4n) is 4.11. The molecule has 0 unspecified atom stereocenters. The normalized spacial score (nSPS) is 18.5. The van der Waals surface area contributed by atoms with Crippen LogP contribution in [0.3, 0.4) is 0 Å². The lowest BCUT2D eigenvalue weighted by Gasteiger charge is -2.44. The lowest BCUT2D eigenvalue weighted by atomic mass is 9.84. The van der Waals surface area contributed by atoms with Gasteiger partial charge >= 0.3 is 0 Å². The molecule has 3 heterocycles.